The van der Waals surface area contributed by atoms with E-state index in [9.17, 15) is 36.0 Å². The smallest absolute Gasteiger partial charge is 0.309 e. The molecule has 276 valence electrons. The molecule has 3 N–H and O–H groups in total. The van der Waals surface area contributed by atoms with Crippen LogP contribution in [0.5, 0.6) is 0 Å². The lowest BCUT2D eigenvalue weighted by Crippen LogP contribution is -2.45. The van der Waals surface area contributed by atoms with E-state index in [0.29, 0.717) is 33.4 Å². The number of amides is 1. The first kappa shape index (κ1) is 37.9. The van der Waals surface area contributed by atoms with Gasteiger partial charge in [-0.15, -0.1) is 11.3 Å². The van der Waals surface area contributed by atoms with Crippen molar-refractivity contribution in [2.24, 2.45) is 0 Å². The first-order chi connectivity index (χ1) is 25.2. The van der Waals surface area contributed by atoms with E-state index in [0.717, 1.165) is 47.0 Å². The summed E-state index contributed by atoms with van der Waals surface area (Å²) in [5.74, 6) is 5.13. The minimum Gasteiger partial charge on any atom is -0.309 e. The molecule has 1 saturated heterocycles. The van der Waals surface area contributed by atoms with Gasteiger partial charge in [-0.2, -0.15) is 18.3 Å². The summed E-state index contributed by atoms with van der Waals surface area (Å²) in [4.78, 5) is 44.4. The second-order valence-corrected chi connectivity index (χ2v) is 14.7. The van der Waals surface area contributed by atoms with Gasteiger partial charge in [-0.1, -0.05) is 41.5 Å². The van der Waals surface area contributed by atoms with Gasteiger partial charge < -0.3 is 4.98 Å². The Labute approximate surface area is 315 Å². The lowest BCUT2D eigenvalue weighted by molar-refractivity contribution is -0.137. The molecule has 0 saturated carbocycles. The van der Waals surface area contributed by atoms with Gasteiger partial charge in [0.2, 0.25) is 10.9 Å². The number of aryl methyl sites for hydroxylation is 1. The SMILES string of the molecule is Cc1[nH]c(=O)[nH]c(=O)c1N(Cc1c(C(=O)NN2CCCCC2)nn(-c2ccc(Cl)cc2Cl)c1-c1ccc(C#Cc2ccc(C(F)(F)F)cc2)s1)[SH](=O)=O. The molecule has 2 aromatic carbocycles. The fraction of sp³-hybridized carbons (Fsp3) is 0.235. The summed E-state index contributed by atoms with van der Waals surface area (Å²) in [6, 6.07) is 12.3. The molecular formula is C34H28Cl2F3N7O5S2. The van der Waals surface area contributed by atoms with Crippen LogP contribution in [0.25, 0.3) is 16.3 Å². The van der Waals surface area contributed by atoms with Gasteiger partial charge in [0.15, 0.2) is 5.69 Å². The zero-order valence-corrected chi connectivity index (χ0v) is 30.7. The number of benzene rings is 2. The number of carbonyl (C=O) groups excluding carboxylic acids is 1. The average Bonchev–Trinajstić information content (AvgIpc) is 3.71. The van der Waals surface area contributed by atoms with Crippen molar-refractivity contribution in [1.82, 2.24) is 30.2 Å². The van der Waals surface area contributed by atoms with Crippen LogP contribution in [0.15, 0.2) is 64.2 Å². The third-order valence-corrected chi connectivity index (χ3v) is 10.5. The van der Waals surface area contributed by atoms with Gasteiger partial charge in [0.25, 0.3) is 11.5 Å². The third-order valence-electron chi connectivity index (χ3n) is 8.20. The number of halogens is 5. The Balaban J connectivity index is 1.53. The summed E-state index contributed by atoms with van der Waals surface area (Å²) >= 11 is 14.0. The van der Waals surface area contributed by atoms with Gasteiger partial charge in [-0.05, 0) is 74.4 Å². The molecule has 0 spiro atoms. The predicted molar refractivity (Wildman–Crippen MR) is 196 cm³/mol. The molecule has 0 aliphatic carbocycles. The number of anilines is 1. The lowest BCUT2D eigenvalue weighted by atomic mass is 10.1. The molecule has 12 nitrogen and oxygen atoms in total. The lowest BCUT2D eigenvalue weighted by Gasteiger charge is -2.26. The summed E-state index contributed by atoms with van der Waals surface area (Å²) in [5, 5.41) is 6.88. The number of alkyl halides is 3. The maximum atomic E-state index is 14.1. The van der Waals surface area contributed by atoms with E-state index in [4.69, 9.17) is 23.2 Å². The van der Waals surface area contributed by atoms with Crippen LogP contribution in [-0.4, -0.2) is 52.2 Å². The van der Waals surface area contributed by atoms with Crippen LogP contribution in [0.3, 0.4) is 0 Å². The van der Waals surface area contributed by atoms with E-state index in [-0.39, 0.29) is 39.0 Å². The third kappa shape index (κ3) is 8.53. The van der Waals surface area contributed by atoms with Crippen molar-refractivity contribution in [1.29, 1.82) is 0 Å². The highest BCUT2D eigenvalue weighted by Crippen LogP contribution is 2.38. The molecule has 19 heteroatoms. The number of nitrogens with one attached hydrogen (secondary N) is 3. The summed E-state index contributed by atoms with van der Waals surface area (Å²) in [5.41, 5.74) is 0.574. The Kier molecular flexibility index (Phi) is 11.2. The Hall–Kier alpha value is -4.86. The molecule has 1 aliphatic rings. The van der Waals surface area contributed by atoms with Gasteiger partial charge in [0.1, 0.15) is 5.69 Å². The second kappa shape index (κ2) is 15.6. The van der Waals surface area contributed by atoms with Crippen molar-refractivity contribution in [3.8, 4) is 28.1 Å². The summed E-state index contributed by atoms with van der Waals surface area (Å²) in [6.07, 6.45) is -1.81. The first-order valence-electron chi connectivity index (χ1n) is 15.9. The molecule has 53 heavy (non-hydrogen) atoms. The minimum absolute atomic E-state index is 0.0380. The quantitative estimate of drug-likeness (QED) is 0.116. The molecule has 5 aromatic rings. The topological polar surface area (TPSA) is 153 Å². The van der Waals surface area contributed by atoms with Gasteiger partial charge in [0.05, 0.1) is 38.3 Å². The van der Waals surface area contributed by atoms with Crippen LogP contribution >= 0.6 is 34.5 Å². The van der Waals surface area contributed by atoms with Crippen molar-refractivity contribution in [2.45, 2.75) is 38.9 Å². The van der Waals surface area contributed by atoms with E-state index in [1.807, 2.05) is 4.98 Å². The van der Waals surface area contributed by atoms with Crippen molar-refractivity contribution in [3.63, 3.8) is 0 Å². The Morgan fingerprint density at radius 2 is 1.74 bits per heavy atom. The summed E-state index contributed by atoms with van der Waals surface area (Å²) in [7, 11) is -3.55. The number of aromatic nitrogens is 4. The highest BCUT2D eigenvalue weighted by Gasteiger charge is 2.32. The van der Waals surface area contributed by atoms with Crippen LogP contribution < -0.4 is 21.0 Å². The molecular weight excluding hydrogens is 778 g/mol. The fourth-order valence-electron chi connectivity index (χ4n) is 5.75. The number of nitrogens with zero attached hydrogens (tertiary/aromatic N) is 4. The van der Waals surface area contributed by atoms with Gasteiger partial charge in [0, 0.05) is 34.9 Å². The molecule has 6 rings (SSSR count). The van der Waals surface area contributed by atoms with Crippen LogP contribution in [0, 0.1) is 18.8 Å². The van der Waals surface area contributed by atoms with E-state index < -0.39 is 46.3 Å². The fourth-order valence-corrected chi connectivity index (χ4v) is 7.81. The molecule has 1 fully saturated rings. The molecule has 0 atom stereocenters. The van der Waals surface area contributed by atoms with Crippen molar-refractivity contribution >= 4 is 57.0 Å². The van der Waals surface area contributed by atoms with Crippen LogP contribution in [-0.2, 0) is 23.6 Å². The number of hydrazine groups is 1. The molecule has 1 amide bonds. The van der Waals surface area contributed by atoms with E-state index in [2.05, 4.69) is 27.3 Å². The second-order valence-electron chi connectivity index (χ2n) is 11.8. The monoisotopic (exact) mass is 805 g/mol. The average molecular weight is 807 g/mol. The predicted octanol–water partition coefficient (Wildman–Crippen LogP) is 5.67. The molecule has 1 aliphatic heterocycles. The number of hydrogen-bond donors (Lipinski definition) is 4. The zero-order valence-electron chi connectivity index (χ0n) is 27.5. The Morgan fingerprint density at radius 3 is 2.38 bits per heavy atom. The number of hydrogen-bond acceptors (Lipinski definition) is 8. The molecule has 4 heterocycles. The Morgan fingerprint density at radius 1 is 1.02 bits per heavy atom. The van der Waals surface area contributed by atoms with Crippen LogP contribution in [0.4, 0.5) is 18.9 Å². The largest absolute Gasteiger partial charge is 0.416 e. The first-order valence-corrected chi connectivity index (χ1v) is 18.6. The van der Waals surface area contributed by atoms with Crippen molar-refractivity contribution in [3.05, 3.63) is 118 Å². The number of carbonyl (C=O) groups is 1. The highest BCUT2D eigenvalue weighted by atomic mass is 35.5. The highest BCUT2D eigenvalue weighted by molar-refractivity contribution is 7.74. The van der Waals surface area contributed by atoms with Crippen LogP contribution in [0.2, 0.25) is 10.0 Å². The number of thiol groups is 1. The Bertz CT molecular complexity index is 2450. The zero-order chi connectivity index (χ0) is 38.0. The molecule has 0 bridgehead atoms. The van der Waals surface area contributed by atoms with Gasteiger partial charge >= 0.3 is 11.9 Å². The molecule has 0 radical (unpaired) electrons. The molecule has 0 unspecified atom stereocenters. The van der Waals surface area contributed by atoms with E-state index in [1.54, 1.807) is 29.3 Å². The normalized spacial score (nSPS) is 13.5. The van der Waals surface area contributed by atoms with Crippen molar-refractivity contribution in [2.75, 3.05) is 17.4 Å². The maximum absolute atomic E-state index is 14.1. The van der Waals surface area contributed by atoms with E-state index >= 15 is 0 Å². The number of rotatable bonds is 8. The minimum atomic E-state index is -4.50. The van der Waals surface area contributed by atoms with E-state index in [1.165, 1.54) is 29.8 Å². The summed E-state index contributed by atoms with van der Waals surface area (Å²) < 4.78 is 67.0. The van der Waals surface area contributed by atoms with Crippen LogP contribution in [0.1, 0.15) is 57.0 Å². The standard InChI is InChI=1S/C34H28Cl2F3N7O5S2/c1-19-29(32(48)41-33(49)40-19)45(53(50)51)18-24-28(31(47)43-44-15-3-2-4-16-44)42-46(26-13-10-22(35)17-25(26)36)30(24)27-14-12-23(52-27)11-7-20-5-8-21(9-6-20)34(37,38)39/h5-6,8-10,12-14,17,53H,2-4,15-16,18H2,1H3,(H,43,47)(H2,40,41,48,49). The van der Waals surface area contributed by atoms with Gasteiger partial charge in [-0.25, -0.2) is 22.9 Å². The summed E-state index contributed by atoms with van der Waals surface area (Å²) in [6.45, 7) is 1.94. The number of piperidine rings is 1. The van der Waals surface area contributed by atoms with Gasteiger partial charge in [-0.3, -0.25) is 24.3 Å². The molecule has 3 aromatic heterocycles. The number of thiophene rings is 1. The van der Waals surface area contributed by atoms with Crippen molar-refractivity contribution < 1.29 is 26.4 Å². The number of H-pyrrole nitrogens is 2. The maximum Gasteiger partial charge on any atom is 0.416 e. The number of aromatic amines is 2.